The van der Waals surface area contributed by atoms with Crippen LogP contribution in [0, 0.1) is 0 Å². The Kier molecular flexibility index (Phi) is 3.32. The molecule has 1 atom stereocenters. The van der Waals surface area contributed by atoms with Crippen molar-refractivity contribution in [3.05, 3.63) is 12.4 Å². The predicted octanol–water partition coefficient (Wildman–Crippen LogP) is 1.21. The monoisotopic (exact) mass is 248 g/mol. The van der Waals surface area contributed by atoms with Crippen LogP contribution in [0.3, 0.4) is 0 Å². The van der Waals surface area contributed by atoms with Gasteiger partial charge in [-0.25, -0.2) is 0 Å². The lowest BCUT2D eigenvalue weighted by Gasteiger charge is -2.26. The zero-order valence-electron chi connectivity index (χ0n) is 10.8. The minimum absolute atomic E-state index is 0.595. The molecule has 2 aliphatic rings. The van der Waals surface area contributed by atoms with Crippen LogP contribution < -0.4 is 15.0 Å². The smallest absolute Gasteiger partial charge is 0.233 e. The van der Waals surface area contributed by atoms with Crippen LogP contribution in [-0.4, -0.2) is 42.3 Å². The molecule has 2 fully saturated rings. The van der Waals surface area contributed by atoms with Crippen molar-refractivity contribution in [2.75, 3.05) is 25.1 Å². The van der Waals surface area contributed by atoms with Gasteiger partial charge in [-0.3, -0.25) is 4.98 Å². The van der Waals surface area contributed by atoms with E-state index in [9.17, 15) is 0 Å². The summed E-state index contributed by atoms with van der Waals surface area (Å²) in [5.41, 5.74) is 0. The summed E-state index contributed by atoms with van der Waals surface area (Å²) in [4.78, 5) is 11.1. The SMILES string of the molecule is COc1cncc(N(CC2CCCN2)C2CC2)n1. The van der Waals surface area contributed by atoms with Gasteiger partial charge in [0.25, 0.3) is 0 Å². The molecule has 3 rings (SSSR count). The summed E-state index contributed by atoms with van der Waals surface area (Å²) in [5.74, 6) is 1.54. The lowest BCUT2D eigenvalue weighted by molar-refractivity contribution is 0.395. The molecule has 1 saturated heterocycles. The van der Waals surface area contributed by atoms with Crippen LogP contribution in [0.1, 0.15) is 25.7 Å². The van der Waals surface area contributed by atoms with Crippen LogP contribution in [0.5, 0.6) is 5.88 Å². The molecule has 1 aliphatic heterocycles. The highest BCUT2D eigenvalue weighted by atomic mass is 16.5. The molecule has 1 aromatic rings. The summed E-state index contributed by atoms with van der Waals surface area (Å²) in [6.07, 6.45) is 8.59. The van der Waals surface area contributed by atoms with Gasteiger partial charge in [-0.05, 0) is 32.2 Å². The average Bonchev–Trinajstić information content (AvgIpc) is 3.13. The second-order valence-corrected chi connectivity index (χ2v) is 5.10. The molecule has 2 heterocycles. The van der Waals surface area contributed by atoms with Crippen LogP contribution in [-0.2, 0) is 0 Å². The molecule has 1 N–H and O–H groups in total. The highest BCUT2D eigenvalue weighted by Gasteiger charge is 2.32. The Morgan fingerprint density at radius 2 is 2.28 bits per heavy atom. The van der Waals surface area contributed by atoms with Crippen LogP contribution in [0.2, 0.25) is 0 Å². The number of methoxy groups -OCH3 is 1. The maximum absolute atomic E-state index is 5.16. The third-order valence-electron chi connectivity index (χ3n) is 3.67. The zero-order valence-corrected chi connectivity index (χ0v) is 10.8. The van der Waals surface area contributed by atoms with Gasteiger partial charge in [-0.1, -0.05) is 0 Å². The second kappa shape index (κ2) is 5.10. The van der Waals surface area contributed by atoms with E-state index in [0.717, 1.165) is 18.9 Å². The van der Waals surface area contributed by atoms with Gasteiger partial charge in [0, 0.05) is 18.6 Å². The lowest BCUT2D eigenvalue weighted by atomic mass is 10.2. The number of nitrogens with one attached hydrogen (secondary N) is 1. The van der Waals surface area contributed by atoms with Crippen molar-refractivity contribution in [1.82, 2.24) is 15.3 Å². The summed E-state index contributed by atoms with van der Waals surface area (Å²) in [7, 11) is 1.63. The van der Waals surface area contributed by atoms with E-state index in [1.165, 1.54) is 25.7 Å². The Morgan fingerprint density at radius 3 is 2.94 bits per heavy atom. The molecule has 1 aromatic heterocycles. The Hall–Kier alpha value is -1.36. The molecule has 0 amide bonds. The number of nitrogens with zero attached hydrogens (tertiary/aromatic N) is 3. The number of anilines is 1. The van der Waals surface area contributed by atoms with Crippen LogP contribution in [0.25, 0.3) is 0 Å². The van der Waals surface area contributed by atoms with Crippen molar-refractivity contribution < 1.29 is 4.74 Å². The van der Waals surface area contributed by atoms with Crippen molar-refractivity contribution in [3.63, 3.8) is 0 Å². The fourth-order valence-corrected chi connectivity index (χ4v) is 2.54. The highest BCUT2D eigenvalue weighted by molar-refractivity contribution is 5.41. The van der Waals surface area contributed by atoms with Crippen LogP contribution in [0.4, 0.5) is 5.82 Å². The Bertz CT molecular complexity index is 402. The number of ether oxygens (including phenoxy) is 1. The fourth-order valence-electron chi connectivity index (χ4n) is 2.54. The third kappa shape index (κ3) is 2.56. The molecule has 1 aliphatic carbocycles. The van der Waals surface area contributed by atoms with Gasteiger partial charge in [-0.2, -0.15) is 4.98 Å². The van der Waals surface area contributed by atoms with Crippen LogP contribution >= 0.6 is 0 Å². The van der Waals surface area contributed by atoms with Gasteiger partial charge in [0.1, 0.15) is 0 Å². The first-order chi connectivity index (χ1) is 8.86. The van der Waals surface area contributed by atoms with Crippen molar-refractivity contribution in [2.24, 2.45) is 0 Å². The number of aromatic nitrogens is 2. The molecular weight excluding hydrogens is 228 g/mol. The fraction of sp³-hybridized carbons (Fsp3) is 0.692. The average molecular weight is 248 g/mol. The molecule has 0 aromatic carbocycles. The molecule has 0 bridgehead atoms. The molecule has 1 unspecified atom stereocenters. The van der Waals surface area contributed by atoms with Gasteiger partial charge < -0.3 is 15.0 Å². The number of rotatable bonds is 5. The van der Waals surface area contributed by atoms with E-state index in [-0.39, 0.29) is 0 Å². The van der Waals surface area contributed by atoms with E-state index in [2.05, 4.69) is 20.2 Å². The van der Waals surface area contributed by atoms with Crippen molar-refractivity contribution in [1.29, 1.82) is 0 Å². The normalized spacial score (nSPS) is 23.1. The first kappa shape index (κ1) is 11.7. The van der Waals surface area contributed by atoms with Gasteiger partial charge >= 0.3 is 0 Å². The Labute approximate surface area is 108 Å². The third-order valence-corrected chi connectivity index (χ3v) is 3.67. The number of hydrogen-bond donors (Lipinski definition) is 1. The quantitative estimate of drug-likeness (QED) is 0.848. The maximum atomic E-state index is 5.16. The summed E-state index contributed by atoms with van der Waals surface area (Å²) < 4.78 is 5.16. The summed E-state index contributed by atoms with van der Waals surface area (Å²) in [6, 6.07) is 1.24. The first-order valence-corrected chi connectivity index (χ1v) is 6.73. The largest absolute Gasteiger partial charge is 0.480 e. The topological polar surface area (TPSA) is 50.3 Å². The van der Waals surface area contributed by atoms with Gasteiger partial charge in [0.15, 0.2) is 5.82 Å². The summed E-state index contributed by atoms with van der Waals surface area (Å²) >= 11 is 0. The van der Waals surface area contributed by atoms with E-state index in [4.69, 9.17) is 4.74 Å². The van der Waals surface area contributed by atoms with Crippen molar-refractivity contribution in [3.8, 4) is 5.88 Å². The van der Waals surface area contributed by atoms with E-state index >= 15 is 0 Å². The second-order valence-electron chi connectivity index (χ2n) is 5.10. The molecule has 0 radical (unpaired) electrons. The van der Waals surface area contributed by atoms with Crippen molar-refractivity contribution in [2.45, 2.75) is 37.8 Å². The molecular formula is C13H20N4O. The summed E-state index contributed by atoms with van der Waals surface area (Å²) in [5, 5.41) is 3.55. The predicted molar refractivity (Wildman–Crippen MR) is 70.0 cm³/mol. The van der Waals surface area contributed by atoms with E-state index in [1.54, 1.807) is 13.3 Å². The molecule has 98 valence electrons. The highest BCUT2D eigenvalue weighted by Crippen LogP contribution is 2.31. The zero-order chi connectivity index (χ0) is 12.4. The molecule has 5 heteroatoms. The van der Waals surface area contributed by atoms with Crippen molar-refractivity contribution >= 4 is 5.82 Å². The Balaban J connectivity index is 1.75. The van der Waals surface area contributed by atoms with Gasteiger partial charge in [0.05, 0.1) is 19.5 Å². The minimum atomic E-state index is 0.595. The van der Waals surface area contributed by atoms with E-state index < -0.39 is 0 Å². The van der Waals surface area contributed by atoms with E-state index in [1.807, 2.05) is 6.20 Å². The number of hydrogen-bond acceptors (Lipinski definition) is 5. The molecule has 5 nitrogen and oxygen atoms in total. The first-order valence-electron chi connectivity index (χ1n) is 6.73. The van der Waals surface area contributed by atoms with E-state index in [0.29, 0.717) is 18.0 Å². The standard InChI is InChI=1S/C13H20N4O/c1-18-13-8-14-7-12(16-13)17(11-4-5-11)9-10-3-2-6-15-10/h7-8,10-11,15H,2-6,9H2,1H3. The molecule has 1 saturated carbocycles. The van der Waals surface area contributed by atoms with Gasteiger partial charge in [-0.15, -0.1) is 0 Å². The maximum Gasteiger partial charge on any atom is 0.233 e. The lowest BCUT2D eigenvalue weighted by Crippen LogP contribution is -2.39. The summed E-state index contributed by atoms with van der Waals surface area (Å²) in [6.45, 7) is 2.18. The molecule has 0 spiro atoms. The Morgan fingerprint density at radius 1 is 1.39 bits per heavy atom. The van der Waals surface area contributed by atoms with Crippen LogP contribution in [0.15, 0.2) is 12.4 Å². The minimum Gasteiger partial charge on any atom is -0.480 e. The van der Waals surface area contributed by atoms with Gasteiger partial charge in [0.2, 0.25) is 5.88 Å². The molecule has 18 heavy (non-hydrogen) atoms.